The van der Waals surface area contributed by atoms with Gasteiger partial charge in [0, 0.05) is 6.08 Å². The lowest BCUT2D eigenvalue weighted by atomic mass is 10.1. The van der Waals surface area contributed by atoms with E-state index in [2.05, 4.69) is 4.74 Å². The standard InChI is InChI=1S/C11H12O2/c1-9-5-3-4-6-10(9)7-8-11(12)13-2/h3-8H,1-2H3/b8-7-. The first-order chi connectivity index (χ1) is 6.24. The molecule has 68 valence electrons. The molecule has 0 saturated heterocycles. The molecule has 0 aliphatic carbocycles. The number of ether oxygens (including phenoxy) is 1. The van der Waals surface area contributed by atoms with Gasteiger partial charge < -0.3 is 4.74 Å². The molecule has 0 amide bonds. The summed E-state index contributed by atoms with van der Waals surface area (Å²) in [5.74, 6) is -0.330. The molecule has 0 spiro atoms. The van der Waals surface area contributed by atoms with E-state index in [9.17, 15) is 4.79 Å². The Balaban J connectivity index is 2.80. The van der Waals surface area contributed by atoms with E-state index in [4.69, 9.17) is 0 Å². The van der Waals surface area contributed by atoms with Crippen LogP contribution in [0.25, 0.3) is 6.08 Å². The van der Waals surface area contributed by atoms with Crippen molar-refractivity contribution in [1.29, 1.82) is 0 Å². The Hall–Kier alpha value is -1.57. The zero-order chi connectivity index (χ0) is 9.68. The van der Waals surface area contributed by atoms with Crippen molar-refractivity contribution in [3.8, 4) is 0 Å². The molecule has 0 heterocycles. The van der Waals surface area contributed by atoms with Crippen molar-refractivity contribution in [3.05, 3.63) is 41.5 Å². The molecule has 2 nitrogen and oxygen atoms in total. The Morgan fingerprint density at radius 1 is 1.38 bits per heavy atom. The molecule has 0 N–H and O–H groups in total. The van der Waals surface area contributed by atoms with Gasteiger partial charge >= 0.3 is 5.97 Å². The van der Waals surface area contributed by atoms with Crippen LogP contribution < -0.4 is 0 Å². The quantitative estimate of drug-likeness (QED) is 0.510. The van der Waals surface area contributed by atoms with Crippen LogP contribution in [0.2, 0.25) is 0 Å². The van der Waals surface area contributed by atoms with Crippen molar-refractivity contribution >= 4 is 12.0 Å². The summed E-state index contributed by atoms with van der Waals surface area (Å²) < 4.78 is 4.49. The van der Waals surface area contributed by atoms with Gasteiger partial charge in [0.2, 0.25) is 0 Å². The number of carbonyl (C=O) groups excluding carboxylic acids is 1. The monoisotopic (exact) mass is 176 g/mol. The third kappa shape index (κ3) is 2.75. The van der Waals surface area contributed by atoms with Gasteiger partial charge in [-0.25, -0.2) is 4.79 Å². The summed E-state index contributed by atoms with van der Waals surface area (Å²) in [5, 5.41) is 0. The Morgan fingerprint density at radius 2 is 2.08 bits per heavy atom. The number of aryl methyl sites for hydroxylation is 1. The van der Waals surface area contributed by atoms with Crippen LogP contribution in [0, 0.1) is 6.92 Å². The van der Waals surface area contributed by atoms with Gasteiger partial charge in [-0.05, 0) is 24.1 Å². The lowest BCUT2D eigenvalue weighted by Gasteiger charge is -1.97. The minimum Gasteiger partial charge on any atom is -0.466 e. The summed E-state index contributed by atoms with van der Waals surface area (Å²) >= 11 is 0. The van der Waals surface area contributed by atoms with Gasteiger partial charge in [-0.15, -0.1) is 0 Å². The van der Waals surface area contributed by atoms with Crippen molar-refractivity contribution in [2.75, 3.05) is 7.11 Å². The van der Waals surface area contributed by atoms with Gasteiger partial charge in [0.05, 0.1) is 7.11 Å². The second-order valence-electron chi connectivity index (χ2n) is 2.71. The minimum absolute atomic E-state index is 0.330. The van der Waals surface area contributed by atoms with Crippen molar-refractivity contribution in [2.24, 2.45) is 0 Å². The van der Waals surface area contributed by atoms with E-state index in [1.54, 1.807) is 6.08 Å². The van der Waals surface area contributed by atoms with Crippen LogP contribution in [0.1, 0.15) is 11.1 Å². The third-order valence-corrected chi connectivity index (χ3v) is 1.79. The highest BCUT2D eigenvalue weighted by Gasteiger charge is 1.93. The number of esters is 1. The molecule has 0 fully saturated rings. The lowest BCUT2D eigenvalue weighted by molar-refractivity contribution is -0.134. The number of rotatable bonds is 2. The van der Waals surface area contributed by atoms with Gasteiger partial charge in [-0.1, -0.05) is 24.3 Å². The Bertz CT molecular complexity index is 327. The van der Waals surface area contributed by atoms with Crippen LogP contribution in [0.3, 0.4) is 0 Å². The number of hydrogen-bond acceptors (Lipinski definition) is 2. The largest absolute Gasteiger partial charge is 0.466 e. The van der Waals surface area contributed by atoms with E-state index in [-0.39, 0.29) is 5.97 Å². The topological polar surface area (TPSA) is 26.3 Å². The molecule has 0 bridgehead atoms. The number of benzene rings is 1. The summed E-state index contributed by atoms with van der Waals surface area (Å²) in [6.45, 7) is 2.00. The van der Waals surface area contributed by atoms with E-state index in [0.29, 0.717) is 0 Å². The number of carbonyl (C=O) groups is 1. The van der Waals surface area contributed by atoms with Gasteiger partial charge in [-0.2, -0.15) is 0 Å². The van der Waals surface area contributed by atoms with Crippen LogP contribution in [-0.4, -0.2) is 13.1 Å². The first-order valence-electron chi connectivity index (χ1n) is 4.05. The molecule has 0 saturated carbocycles. The lowest BCUT2D eigenvalue weighted by Crippen LogP contribution is -1.93. The molecule has 0 radical (unpaired) electrons. The molecule has 1 aromatic carbocycles. The fraction of sp³-hybridized carbons (Fsp3) is 0.182. The molecule has 1 rings (SSSR count). The molecule has 0 unspecified atom stereocenters. The van der Waals surface area contributed by atoms with Crippen molar-refractivity contribution in [1.82, 2.24) is 0 Å². The fourth-order valence-corrected chi connectivity index (χ4v) is 1.000. The highest BCUT2D eigenvalue weighted by molar-refractivity contribution is 5.87. The normalized spacial score (nSPS) is 10.3. The van der Waals surface area contributed by atoms with Crippen molar-refractivity contribution in [2.45, 2.75) is 6.92 Å². The maximum absolute atomic E-state index is 10.8. The van der Waals surface area contributed by atoms with Gasteiger partial charge in [0.25, 0.3) is 0 Å². The van der Waals surface area contributed by atoms with E-state index < -0.39 is 0 Å². The zero-order valence-corrected chi connectivity index (χ0v) is 7.78. The highest BCUT2D eigenvalue weighted by Crippen LogP contribution is 2.08. The molecule has 0 aliphatic heterocycles. The van der Waals surface area contributed by atoms with Crippen LogP contribution >= 0.6 is 0 Å². The third-order valence-electron chi connectivity index (χ3n) is 1.79. The second kappa shape index (κ2) is 4.45. The van der Waals surface area contributed by atoms with Crippen LogP contribution in [0.4, 0.5) is 0 Å². The summed E-state index contributed by atoms with van der Waals surface area (Å²) in [4.78, 5) is 10.8. The molecule has 0 atom stereocenters. The molecule has 2 heteroatoms. The molecular formula is C11H12O2. The maximum Gasteiger partial charge on any atom is 0.330 e. The average Bonchev–Trinajstić information content (AvgIpc) is 2.16. The van der Waals surface area contributed by atoms with Crippen LogP contribution in [0.5, 0.6) is 0 Å². The van der Waals surface area contributed by atoms with E-state index in [1.165, 1.54) is 13.2 Å². The van der Waals surface area contributed by atoms with Crippen LogP contribution in [0.15, 0.2) is 30.3 Å². The van der Waals surface area contributed by atoms with Crippen LogP contribution in [-0.2, 0) is 9.53 Å². The van der Waals surface area contributed by atoms with Crippen molar-refractivity contribution < 1.29 is 9.53 Å². The average molecular weight is 176 g/mol. The first kappa shape index (κ1) is 9.52. The number of methoxy groups -OCH3 is 1. The predicted octanol–water partition coefficient (Wildman–Crippen LogP) is 2.18. The molecule has 0 aliphatic rings. The Morgan fingerprint density at radius 3 is 2.69 bits per heavy atom. The summed E-state index contributed by atoms with van der Waals surface area (Å²) in [6.07, 6.45) is 3.17. The minimum atomic E-state index is -0.330. The van der Waals surface area contributed by atoms with E-state index >= 15 is 0 Å². The van der Waals surface area contributed by atoms with Gasteiger partial charge in [0.15, 0.2) is 0 Å². The first-order valence-corrected chi connectivity index (χ1v) is 4.05. The van der Waals surface area contributed by atoms with Crippen molar-refractivity contribution in [3.63, 3.8) is 0 Å². The number of hydrogen-bond donors (Lipinski definition) is 0. The molecule has 0 aromatic heterocycles. The summed E-state index contributed by atoms with van der Waals surface area (Å²) in [7, 11) is 1.37. The Kier molecular flexibility index (Phi) is 3.26. The van der Waals surface area contributed by atoms with Gasteiger partial charge in [0.1, 0.15) is 0 Å². The summed E-state index contributed by atoms with van der Waals surface area (Å²) in [5.41, 5.74) is 2.18. The molecule has 13 heavy (non-hydrogen) atoms. The maximum atomic E-state index is 10.8. The molecule has 1 aromatic rings. The van der Waals surface area contributed by atoms with Gasteiger partial charge in [-0.3, -0.25) is 0 Å². The fourth-order valence-electron chi connectivity index (χ4n) is 1.000. The summed E-state index contributed by atoms with van der Waals surface area (Å²) in [6, 6.07) is 7.85. The van der Waals surface area contributed by atoms with E-state index in [1.807, 2.05) is 31.2 Å². The smallest absolute Gasteiger partial charge is 0.330 e. The molecular weight excluding hydrogens is 164 g/mol. The zero-order valence-electron chi connectivity index (χ0n) is 7.78. The Labute approximate surface area is 77.8 Å². The predicted molar refractivity (Wildman–Crippen MR) is 52.2 cm³/mol. The second-order valence-corrected chi connectivity index (χ2v) is 2.71. The van der Waals surface area contributed by atoms with E-state index in [0.717, 1.165) is 11.1 Å². The highest BCUT2D eigenvalue weighted by atomic mass is 16.5. The SMILES string of the molecule is COC(=O)/C=C\c1ccccc1C.